The van der Waals surface area contributed by atoms with Gasteiger partial charge >= 0.3 is 0 Å². The van der Waals surface area contributed by atoms with E-state index in [0.29, 0.717) is 0 Å². The largest absolute Gasteiger partial charge is 0.508 e. The lowest BCUT2D eigenvalue weighted by molar-refractivity contribution is 0.0836. The van der Waals surface area contributed by atoms with E-state index >= 15 is 0 Å². The first kappa shape index (κ1) is 13.9. The third-order valence-corrected chi connectivity index (χ3v) is 4.60. The van der Waals surface area contributed by atoms with E-state index in [2.05, 4.69) is 0 Å². The number of ketones is 1. The molecule has 0 amide bonds. The van der Waals surface area contributed by atoms with Crippen molar-refractivity contribution in [1.82, 2.24) is 0 Å². The van der Waals surface area contributed by atoms with Crippen molar-refractivity contribution in [2.24, 2.45) is 0 Å². The maximum Gasteiger partial charge on any atom is 0.173 e. The van der Waals surface area contributed by atoms with Gasteiger partial charge in [0.1, 0.15) is 5.75 Å². The van der Waals surface area contributed by atoms with Gasteiger partial charge in [0.05, 0.1) is 5.41 Å². The molecule has 1 aliphatic rings. The fourth-order valence-electron chi connectivity index (χ4n) is 3.52. The SMILES string of the molecule is O=C(c1ccccc1)C1(c2ccccc2O)CCCCC1. The third kappa shape index (κ3) is 2.46. The second-order valence-corrected chi connectivity index (χ2v) is 5.86. The van der Waals surface area contributed by atoms with Crippen LogP contribution in [0.15, 0.2) is 54.6 Å². The summed E-state index contributed by atoms with van der Waals surface area (Å²) in [5, 5.41) is 10.3. The Morgan fingerprint density at radius 2 is 1.48 bits per heavy atom. The average Bonchev–Trinajstić information content (AvgIpc) is 2.56. The van der Waals surface area contributed by atoms with Crippen molar-refractivity contribution >= 4 is 5.78 Å². The van der Waals surface area contributed by atoms with Gasteiger partial charge in [0, 0.05) is 11.1 Å². The summed E-state index contributed by atoms with van der Waals surface area (Å²) < 4.78 is 0. The van der Waals surface area contributed by atoms with Crippen LogP contribution in [-0.2, 0) is 5.41 Å². The second kappa shape index (κ2) is 5.72. The van der Waals surface area contributed by atoms with Crippen molar-refractivity contribution < 1.29 is 9.90 Å². The van der Waals surface area contributed by atoms with Gasteiger partial charge in [-0.25, -0.2) is 0 Å². The Bertz CT molecular complexity index is 625. The zero-order chi connectivity index (χ0) is 14.7. The molecule has 2 heteroatoms. The highest BCUT2D eigenvalue weighted by atomic mass is 16.3. The van der Waals surface area contributed by atoms with Crippen LogP contribution < -0.4 is 0 Å². The van der Waals surface area contributed by atoms with Crippen LogP contribution >= 0.6 is 0 Å². The number of phenolic OH excluding ortho intramolecular Hbond substituents is 1. The van der Waals surface area contributed by atoms with Gasteiger partial charge in [-0.1, -0.05) is 67.8 Å². The molecule has 1 fully saturated rings. The number of benzene rings is 2. The van der Waals surface area contributed by atoms with Crippen molar-refractivity contribution in [3.8, 4) is 5.75 Å². The summed E-state index contributed by atoms with van der Waals surface area (Å²) in [6, 6.07) is 16.8. The van der Waals surface area contributed by atoms with Crippen LogP contribution in [0.2, 0.25) is 0 Å². The number of hydrogen-bond donors (Lipinski definition) is 1. The molecule has 0 aliphatic heterocycles. The summed E-state index contributed by atoms with van der Waals surface area (Å²) in [4.78, 5) is 13.2. The summed E-state index contributed by atoms with van der Waals surface area (Å²) in [6.07, 6.45) is 4.87. The molecule has 0 bridgehead atoms. The average molecular weight is 280 g/mol. The van der Waals surface area contributed by atoms with Crippen molar-refractivity contribution in [3.63, 3.8) is 0 Å². The minimum absolute atomic E-state index is 0.143. The zero-order valence-electron chi connectivity index (χ0n) is 12.1. The van der Waals surface area contributed by atoms with Crippen molar-refractivity contribution in [3.05, 3.63) is 65.7 Å². The smallest absolute Gasteiger partial charge is 0.173 e. The van der Waals surface area contributed by atoms with Gasteiger partial charge in [0.15, 0.2) is 5.78 Å². The molecule has 1 N–H and O–H groups in total. The summed E-state index contributed by atoms with van der Waals surface area (Å²) in [7, 11) is 0. The molecule has 0 spiro atoms. The van der Waals surface area contributed by atoms with E-state index < -0.39 is 5.41 Å². The molecule has 0 heterocycles. The standard InChI is InChI=1S/C19H20O2/c20-17-12-6-5-11-16(17)19(13-7-2-8-14-19)18(21)15-9-3-1-4-10-15/h1,3-6,9-12,20H,2,7-8,13-14H2. The topological polar surface area (TPSA) is 37.3 Å². The Balaban J connectivity index is 2.10. The lowest BCUT2D eigenvalue weighted by Crippen LogP contribution is -2.38. The monoisotopic (exact) mass is 280 g/mol. The van der Waals surface area contributed by atoms with Crippen LogP contribution in [0.25, 0.3) is 0 Å². The van der Waals surface area contributed by atoms with E-state index in [9.17, 15) is 9.90 Å². The van der Waals surface area contributed by atoms with Crippen molar-refractivity contribution in [1.29, 1.82) is 0 Å². The molecule has 0 radical (unpaired) electrons. The van der Waals surface area contributed by atoms with Crippen LogP contribution in [-0.4, -0.2) is 10.9 Å². The Morgan fingerprint density at radius 1 is 0.857 bits per heavy atom. The van der Waals surface area contributed by atoms with Crippen LogP contribution in [0.4, 0.5) is 0 Å². The fourth-order valence-corrected chi connectivity index (χ4v) is 3.52. The first-order valence-corrected chi connectivity index (χ1v) is 7.62. The molecule has 0 unspecified atom stereocenters. The van der Waals surface area contributed by atoms with Crippen molar-refractivity contribution in [2.75, 3.05) is 0 Å². The lowest BCUT2D eigenvalue weighted by atomic mass is 9.65. The summed E-state index contributed by atoms with van der Waals surface area (Å²) >= 11 is 0. The third-order valence-electron chi connectivity index (χ3n) is 4.60. The molecule has 108 valence electrons. The molecule has 21 heavy (non-hydrogen) atoms. The molecule has 2 aromatic carbocycles. The van der Waals surface area contributed by atoms with Gasteiger partial charge in [0.25, 0.3) is 0 Å². The maximum absolute atomic E-state index is 13.2. The molecule has 0 atom stereocenters. The van der Waals surface area contributed by atoms with Gasteiger partial charge in [-0.3, -0.25) is 4.79 Å². The lowest BCUT2D eigenvalue weighted by Gasteiger charge is -2.36. The van der Waals surface area contributed by atoms with E-state index in [1.54, 1.807) is 6.07 Å². The predicted octanol–water partition coefficient (Wildman–Crippen LogP) is 4.48. The number of rotatable bonds is 3. The highest BCUT2D eigenvalue weighted by molar-refractivity contribution is 6.04. The number of carbonyl (C=O) groups is 1. The quantitative estimate of drug-likeness (QED) is 0.842. The van der Waals surface area contributed by atoms with Crippen LogP contribution in [0.1, 0.15) is 48.0 Å². The van der Waals surface area contributed by atoms with E-state index in [0.717, 1.165) is 43.2 Å². The van der Waals surface area contributed by atoms with Gasteiger partial charge in [-0.05, 0) is 18.9 Å². The van der Waals surface area contributed by atoms with Gasteiger partial charge in [-0.15, -0.1) is 0 Å². The van der Waals surface area contributed by atoms with Gasteiger partial charge in [0.2, 0.25) is 0 Å². The molecule has 3 rings (SSSR count). The predicted molar refractivity (Wildman–Crippen MR) is 83.6 cm³/mol. The Labute approximate surface area is 125 Å². The molecule has 1 saturated carbocycles. The normalized spacial score (nSPS) is 17.3. The van der Waals surface area contributed by atoms with E-state index in [4.69, 9.17) is 0 Å². The van der Waals surface area contributed by atoms with E-state index in [1.165, 1.54) is 0 Å². The number of phenols is 1. The minimum Gasteiger partial charge on any atom is -0.508 e. The molecular weight excluding hydrogens is 260 g/mol. The fraction of sp³-hybridized carbons (Fsp3) is 0.316. The minimum atomic E-state index is -0.565. The number of Topliss-reactive ketones (excluding diaryl/α,β-unsaturated/α-hetero) is 1. The van der Waals surface area contributed by atoms with Gasteiger partial charge < -0.3 is 5.11 Å². The highest BCUT2D eigenvalue weighted by Crippen LogP contribution is 2.45. The van der Waals surface area contributed by atoms with Crippen LogP contribution in [0, 0.1) is 0 Å². The molecule has 0 aromatic heterocycles. The Kier molecular flexibility index (Phi) is 3.78. The molecular formula is C19H20O2. The highest BCUT2D eigenvalue weighted by Gasteiger charge is 2.42. The number of para-hydroxylation sites is 1. The number of carbonyl (C=O) groups excluding carboxylic acids is 1. The maximum atomic E-state index is 13.2. The Morgan fingerprint density at radius 3 is 2.14 bits per heavy atom. The van der Waals surface area contributed by atoms with E-state index in [1.807, 2.05) is 48.5 Å². The molecule has 0 saturated heterocycles. The second-order valence-electron chi connectivity index (χ2n) is 5.86. The summed E-state index contributed by atoms with van der Waals surface area (Å²) in [6.45, 7) is 0. The molecule has 1 aliphatic carbocycles. The molecule has 2 aromatic rings. The van der Waals surface area contributed by atoms with Crippen molar-refractivity contribution in [2.45, 2.75) is 37.5 Å². The van der Waals surface area contributed by atoms with Gasteiger partial charge in [-0.2, -0.15) is 0 Å². The van der Waals surface area contributed by atoms with E-state index in [-0.39, 0.29) is 11.5 Å². The Hall–Kier alpha value is -2.09. The first-order valence-electron chi connectivity index (χ1n) is 7.62. The summed E-state index contributed by atoms with van der Waals surface area (Å²) in [5.74, 6) is 0.382. The zero-order valence-corrected chi connectivity index (χ0v) is 12.1. The van der Waals surface area contributed by atoms with Crippen LogP contribution in [0.5, 0.6) is 5.75 Å². The number of aromatic hydroxyl groups is 1. The molecule has 2 nitrogen and oxygen atoms in total. The first-order chi connectivity index (χ1) is 10.2. The van der Waals surface area contributed by atoms with Crippen LogP contribution in [0.3, 0.4) is 0 Å². The summed E-state index contributed by atoms with van der Waals surface area (Å²) in [5.41, 5.74) is 0.964. The number of hydrogen-bond acceptors (Lipinski definition) is 2.